The molecule has 0 bridgehead atoms. The van der Waals surface area contributed by atoms with Crippen LogP contribution in [0.4, 0.5) is 5.69 Å². The van der Waals surface area contributed by atoms with Gasteiger partial charge in [-0.3, -0.25) is 0 Å². The smallest absolute Gasteiger partial charge is 0.270 e. The van der Waals surface area contributed by atoms with Crippen molar-refractivity contribution in [1.82, 2.24) is 10.1 Å². The van der Waals surface area contributed by atoms with Gasteiger partial charge < -0.3 is 10.3 Å². The number of rotatable bonds is 2. The highest BCUT2D eigenvalue weighted by molar-refractivity contribution is 7.14. The van der Waals surface area contributed by atoms with Crippen LogP contribution in [0, 0.1) is 12.3 Å². The van der Waals surface area contributed by atoms with Crippen LogP contribution in [0.1, 0.15) is 37.6 Å². The largest absolute Gasteiger partial charge is 0.397 e. The standard InChI is InChI=1S/C12H15N3OS/c1-6-5-17-9(8(6)13)11-14-10(15-16-11)7-4-12(7,2)3/h5,7H,4,13H2,1-3H3. The summed E-state index contributed by atoms with van der Waals surface area (Å²) in [6.45, 7) is 6.42. The van der Waals surface area contributed by atoms with Crippen LogP contribution in [0.3, 0.4) is 0 Å². The van der Waals surface area contributed by atoms with E-state index in [1.165, 1.54) is 0 Å². The number of hydrogen-bond acceptors (Lipinski definition) is 5. The van der Waals surface area contributed by atoms with Gasteiger partial charge in [0.05, 0.1) is 5.69 Å². The number of nitrogens with zero attached hydrogens (tertiary/aromatic N) is 2. The molecule has 2 aromatic heterocycles. The van der Waals surface area contributed by atoms with Gasteiger partial charge in [0.1, 0.15) is 4.88 Å². The molecule has 1 aliphatic carbocycles. The molecule has 1 fully saturated rings. The summed E-state index contributed by atoms with van der Waals surface area (Å²) in [4.78, 5) is 5.35. The monoisotopic (exact) mass is 249 g/mol. The number of nitrogens with two attached hydrogens (primary N) is 1. The number of aryl methyl sites for hydroxylation is 1. The fourth-order valence-corrected chi connectivity index (χ4v) is 2.89. The van der Waals surface area contributed by atoms with Crippen LogP contribution < -0.4 is 5.73 Å². The average molecular weight is 249 g/mol. The second kappa shape index (κ2) is 3.32. The molecular formula is C12H15N3OS. The normalized spacial score (nSPS) is 21.7. The predicted octanol–water partition coefficient (Wildman–Crippen LogP) is 3.20. The number of nitrogen functional groups attached to an aromatic ring is 1. The first kappa shape index (κ1) is 10.8. The minimum Gasteiger partial charge on any atom is -0.397 e. The van der Waals surface area contributed by atoms with E-state index in [1.807, 2.05) is 12.3 Å². The summed E-state index contributed by atoms with van der Waals surface area (Å²) in [5, 5.41) is 6.08. The van der Waals surface area contributed by atoms with Gasteiger partial charge in [0.2, 0.25) is 0 Å². The molecule has 0 aromatic carbocycles. The van der Waals surface area contributed by atoms with Gasteiger partial charge in [-0.1, -0.05) is 19.0 Å². The summed E-state index contributed by atoms with van der Waals surface area (Å²) < 4.78 is 5.31. The topological polar surface area (TPSA) is 64.9 Å². The summed E-state index contributed by atoms with van der Waals surface area (Å²) in [5.41, 5.74) is 8.11. The first-order chi connectivity index (χ1) is 7.99. The third kappa shape index (κ3) is 1.65. The van der Waals surface area contributed by atoms with E-state index >= 15 is 0 Å². The van der Waals surface area contributed by atoms with Gasteiger partial charge in [-0.25, -0.2) is 0 Å². The summed E-state index contributed by atoms with van der Waals surface area (Å²) in [7, 11) is 0. The summed E-state index contributed by atoms with van der Waals surface area (Å²) in [6.07, 6.45) is 1.13. The Bertz CT molecular complexity index is 570. The first-order valence-corrected chi connectivity index (χ1v) is 6.54. The van der Waals surface area contributed by atoms with E-state index in [1.54, 1.807) is 11.3 Å². The Labute approximate surface area is 104 Å². The maximum atomic E-state index is 5.97. The van der Waals surface area contributed by atoms with E-state index in [9.17, 15) is 0 Å². The third-order valence-electron chi connectivity index (χ3n) is 3.48. The van der Waals surface area contributed by atoms with Crippen molar-refractivity contribution < 1.29 is 4.52 Å². The lowest BCUT2D eigenvalue weighted by Crippen LogP contribution is -1.92. The van der Waals surface area contributed by atoms with E-state index in [-0.39, 0.29) is 0 Å². The molecule has 2 heterocycles. The zero-order chi connectivity index (χ0) is 12.2. The quantitative estimate of drug-likeness (QED) is 0.887. The first-order valence-electron chi connectivity index (χ1n) is 5.66. The molecule has 0 saturated heterocycles. The van der Waals surface area contributed by atoms with E-state index < -0.39 is 0 Å². The lowest BCUT2D eigenvalue weighted by Gasteiger charge is -1.95. The Morgan fingerprint density at radius 3 is 2.76 bits per heavy atom. The highest BCUT2D eigenvalue weighted by Crippen LogP contribution is 2.57. The van der Waals surface area contributed by atoms with Crippen LogP contribution in [-0.2, 0) is 0 Å². The lowest BCUT2D eigenvalue weighted by atomic mass is 10.1. The predicted molar refractivity (Wildman–Crippen MR) is 67.9 cm³/mol. The Morgan fingerprint density at radius 2 is 2.24 bits per heavy atom. The minimum absolute atomic E-state index is 0.318. The Morgan fingerprint density at radius 1 is 1.53 bits per heavy atom. The van der Waals surface area contributed by atoms with Gasteiger partial charge in [0, 0.05) is 5.92 Å². The van der Waals surface area contributed by atoms with Crippen molar-refractivity contribution in [3.05, 3.63) is 16.8 Å². The molecule has 1 unspecified atom stereocenters. The van der Waals surface area contributed by atoms with Gasteiger partial charge >= 0.3 is 0 Å². The van der Waals surface area contributed by atoms with E-state index in [4.69, 9.17) is 10.3 Å². The molecule has 90 valence electrons. The SMILES string of the molecule is Cc1csc(-c2nc(C3CC3(C)C)no2)c1N. The van der Waals surface area contributed by atoms with Crippen LogP contribution in [0.15, 0.2) is 9.90 Å². The van der Waals surface area contributed by atoms with Crippen molar-refractivity contribution in [3.63, 3.8) is 0 Å². The third-order valence-corrected chi connectivity index (χ3v) is 4.59. The summed E-state index contributed by atoms with van der Waals surface area (Å²) in [5.74, 6) is 1.80. The Hall–Kier alpha value is -1.36. The van der Waals surface area contributed by atoms with Crippen LogP contribution in [-0.4, -0.2) is 10.1 Å². The van der Waals surface area contributed by atoms with Gasteiger partial charge in [-0.05, 0) is 29.7 Å². The number of thiophene rings is 1. The molecule has 0 amide bonds. The molecule has 4 nitrogen and oxygen atoms in total. The number of aromatic nitrogens is 2. The Kier molecular flexibility index (Phi) is 2.10. The molecule has 0 aliphatic heterocycles. The van der Waals surface area contributed by atoms with Crippen molar-refractivity contribution in [1.29, 1.82) is 0 Å². The summed E-state index contributed by atoms with van der Waals surface area (Å²) >= 11 is 1.55. The molecule has 3 rings (SSSR count). The van der Waals surface area contributed by atoms with Crippen LogP contribution in [0.2, 0.25) is 0 Å². The molecule has 0 spiro atoms. The highest BCUT2D eigenvalue weighted by atomic mass is 32.1. The van der Waals surface area contributed by atoms with Crippen molar-refractivity contribution in [2.75, 3.05) is 5.73 Å². The number of anilines is 1. The molecule has 1 atom stereocenters. The van der Waals surface area contributed by atoms with Gasteiger partial charge in [-0.15, -0.1) is 11.3 Å². The van der Waals surface area contributed by atoms with Crippen molar-refractivity contribution in [2.24, 2.45) is 5.41 Å². The molecular weight excluding hydrogens is 234 g/mol. The lowest BCUT2D eigenvalue weighted by molar-refractivity contribution is 0.420. The fourth-order valence-electron chi connectivity index (χ4n) is 2.00. The minimum atomic E-state index is 0.318. The molecule has 1 saturated carbocycles. The van der Waals surface area contributed by atoms with Crippen LogP contribution >= 0.6 is 11.3 Å². The second-order valence-corrected chi connectivity index (χ2v) is 6.24. The molecule has 2 aromatic rings. The number of hydrogen-bond donors (Lipinski definition) is 1. The highest BCUT2D eigenvalue weighted by Gasteiger charge is 2.49. The van der Waals surface area contributed by atoms with Gasteiger partial charge in [0.15, 0.2) is 5.82 Å². The van der Waals surface area contributed by atoms with Gasteiger partial charge in [0.25, 0.3) is 5.89 Å². The molecule has 5 heteroatoms. The van der Waals surface area contributed by atoms with Crippen LogP contribution in [0.25, 0.3) is 10.8 Å². The fraction of sp³-hybridized carbons (Fsp3) is 0.500. The van der Waals surface area contributed by atoms with Gasteiger partial charge in [-0.2, -0.15) is 4.98 Å². The van der Waals surface area contributed by atoms with Crippen molar-refractivity contribution >= 4 is 17.0 Å². The maximum Gasteiger partial charge on any atom is 0.270 e. The summed E-state index contributed by atoms with van der Waals surface area (Å²) in [6, 6.07) is 0. The van der Waals surface area contributed by atoms with E-state index in [0.717, 1.165) is 28.4 Å². The molecule has 2 N–H and O–H groups in total. The Balaban J connectivity index is 1.93. The zero-order valence-electron chi connectivity index (χ0n) is 10.2. The maximum absolute atomic E-state index is 5.97. The van der Waals surface area contributed by atoms with Crippen molar-refractivity contribution in [2.45, 2.75) is 33.1 Å². The second-order valence-electron chi connectivity index (χ2n) is 5.36. The molecule has 17 heavy (non-hydrogen) atoms. The van der Waals surface area contributed by atoms with Crippen LogP contribution in [0.5, 0.6) is 0 Å². The zero-order valence-corrected chi connectivity index (χ0v) is 11.0. The average Bonchev–Trinajstić information content (AvgIpc) is 2.68. The van der Waals surface area contributed by atoms with E-state index in [2.05, 4.69) is 24.0 Å². The molecule has 1 aliphatic rings. The molecule has 0 radical (unpaired) electrons. The van der Waals surface area contributed by atoms with Crippen molar-refractivity contribution in [3.8, 4) is 10.8 Å². The van der Waals surface area contributed by atoms with E-state index in [0.29, 0.717) is 17.2 Å².